The van der Waals surface area contributed by atoms with Crippen LogP contribution in [0.15, 0.2) is 30.3 Å². The lowest BCUT2D eigenvalue weighted by atomic mass is 10.2. The number of carbonyl (C=O) groups excluding carboxylic acids is 1. The summed E-state index contributed by atoms with van der Waals surface area (Å²) in [6.45, 7) is 5.65. The summed E-state index contributed by atoms with van der Waals surface area (Å²) in [5.74, 6) is 0.0840. The first kappa shape index (κ1) is 13.1. The molecule has 18 heavy (non-hydrogen) atoms. The SMILES string of the molecule is C[C@H](C(=O)NCc1ccccc1)N1CCOCC1. The van der Waals surface area contributed by atoms with E-state index in [1.807, 2.05) is 37.3 Å². The fourth-order valence-electron chi connectivity index (χ4n) is 2.06. The number of rotatable bonds is 4. The summed E-state index contributed by atoms with van der Waals surface area (Å²) in [6.07, 6.45) is 0. The summed E-state index contributed by atoms with van der Waals surface area (Å²) in [6, 6.07) is 9.87. The van der Waals surface area contributed by atoms with Crippen molar-refractivity contribution in [2.75, 3.05) is 26.3 Å². The molecule has 1 heterocycles. The standard InChI is InChI=1S/C14H20N2O2/c1-12(16-7-9-18-10-8-16)14(17)15-11-13-5-3-2-4-6-13/h2-6,12H,7-11H2,1H3,(H,15,17)/t12-/m1/s1. The van der Waals surface area contributed by atoms with Crippen molar-refractivity contribution in [2.45, 2.75) is 19.5 Å². The van der Waals surface area contributed by atoms with Crippen molar-refractivity contribution in [1.82, 2.24) is 10.2 Å². The van der Waals surface area contributed by atoms with Gasteiger partial charge >= 0.3 is 0 Å². The van der Waals surface area contributed by atoms with Gasteiger partial charge in [0.15, 0.2) is 0 Å². The molecule has 2 rings (SSSR count). The van der Waals surface area contributed by atoms with Crippen molar-refractivity contribution < 1.29 is 9.53 Å². The van der Waals surface area contributed by atoms with Gasteiger partial charge in [0.2, 0.25) is 5.91 Å². The molecule has 0 spiro atoms. The van der Waals surface area contributed by atoms with Crippen LogP contribution in [0.4, 0.5) is 0 Å². The number of benzene rings is 1. The second-order valence-electron chi connectivity index (χ2n) is 4.53. The van der Waals surface area contributed by atoms with Gasteiger partial charge < -0.3 is 10.1 Å². The van der Waals surface area contributed by atoms with Crippen LogP contribution >= 0.6 is 0 Å². The van der Waals surface area contributed by atoms with Gasteiger partial charge in [-0.3, -0.25) is 9.69 Å². The first-order valence-corrected chi connectivity index (χ1v) is 6.41. The third-order valence-corrected chi connectivity index (χ3v) is 3.28. The third-order valence-electron chi connectivity index (χ3n) is 3.28. The maximum Gasteiger partial charge on any atom is 0.237 e. The van der Waals surface area contributed by atoms with E-state index in [9.17, 15) is 4.79 Å². The van der Waals surface area contributed by atoms with E-state index in [0.717, 1.165) is 31.9 Å². The third kappa shape index (κ3) is 3.55. The van der Waals surface area contributed by atoms with Crippen LogP contribution in [0.3, 0.4) is 0 Å². The highest BCUT2D eigenvalue weighted by Gasteiger charge is 2.22. The number of amides is 1. The normalized spacial score (nSPS) is 18.3. The van der Waals surface area contributed by atoms with Crippen LogP contribution in [0.25, 0.3) is 0 Å². The number of carbonyl (C=O) groups is 1. The minimum absolute atomic E-state index is 0.0840. The van der Waals surface area contributed by atoms with E-state index in [0.29, 0.717) is 6.54 Å². The number of nitrogens with zero attached hydrogens (tertiary/aromatic N) is 1. The molecule has 1 atom stereocenters. The molecular weight excluding hydrogens is 228 g/mol. The average Bonchev–Trinajstić information content (AvgIpc) is 2.46. The molecular formula is C14H20N2O2. The second kappa shape index (κ2) is 6.52. The second-order valence-corrected chi connectivity index (χ2v) is 4.53. The van der Waals surface area contributed by atoms with Crippen molar-refractivity contribution in [3.63, 3.8) is 0 Å². The molecule has 0 saturated carbocycles. The van der Waals surface area contributed by atoms with Crippen molar-refractivity contribution in [3.05, 3.63) is 35.9 Å². The van der Waals surface area contributed by atoms with Gasteiger partial charge in [0.05, 0.1) is 19.3 Å². The lowest BCUT2D eigenvalue weighted by Crippen LogP contribution is -2.49. The van der Waals surface area contributed by atoms with E-state index < -0.39 is 0 Å². The molecule has 0 aromatic heterocycles. The summed E-state index contributed by atoms with van der Waals surface area (Å²) in [7, 11) is 0. The molecule has 1 aliphatic rings. The molecule has 1 aromatic rings. The van der Waals surface area contributed by atoms with E-state index in [1.165, 1.54) is 0 Å². The Morgan fingerprint density at radius 1 is 1.33 bits per heavy atom. The predicted molar refractivity (Wildman–Crippen MR) is 70.1 cm³/mol. The van der Waals surface area contributed by atoms with Gasteiger partial charge in [-0.25, -0.2) is 0 Å². The molecule has 0 bridgehead atoms. The first-order chi connectivity index (χ1) is 8.77. The molecule has 1 amide bonds. The monoisotopic (exact) mass is 248 g/mol. The van der Waals surface area contributed by atoms with Crippen molar-refractivity contribution in [2.24, 2.45) is 0 Å². The van der Waals surface area contributed by atoms with Crippen LogP contribution in [-0.4, -0.2) is 43.2 Å². The van der Waals surface area contributed by atoms with Gasteiger partial charge in [0.1, 0.15) is 0 Å². The van der Waals surface area contributed by atoms with Crippen LogP contribution < -0.4 is 5.32 Å². The lowest BCUT2D eigenvalue weighted by molar-refractivity contribution is -0.127. The minimum Gasteiger partial charge on any atom is -0.379 e. The Morgan fingerprint density at radius 2 is 2.00 bits per heavy atom. The number of morpholine rings is 1. The van der Waals surface area contributed by atoms with E-state index in [2.05, 4.69) is 10.2 Å². The van der Waals surface area contributed by atoms with E-state index >= 15 is 0 Å². The van der Waals surface area contributed by atoms with E-state index in [4.69, 9.17) is 4.74 Å². The number of nitrogens with one attached hydrogen (secondary N) is 1. The summed E-state index contributed by atoms with van der Waals surface area (Å²) in [4.78, 5) is 14.2. The molecule has 1 aromatic carbocycles. The number of ether oxygens (including phenoxy) is 1. The Labute approximate surface area is 108 Å². The zero-order valence-corrected chi connectivity index (χ0v) is 10.8. The Bertz CT molecular complexity index is 375. The fourth-order valence-corrected chi connectivity index (χ4v) is 2.06. The molecule has 0 radical (unpaired) electrons. The maximum absolute atomic E-state index is 12.0. The van der Waals surface area contributed by atoms with Crippen molar-refractivity contribution in [3.8, 4) is 0 Å². The zero-order valence-electron chi connectivity index (χ0n) is 10.8. The quantitative estimate of drug-likeness (QED) is 0.865. The Morgan fingerprint density at radius 3 is 2.67 bits per heavy atom. The largest absolute Gasteiger partial charge is 0.379 e. The van der Waals surface area contributed by atoms with Crippen molar-refractivity contribution in [1.29, 1.82) is 0 Å². The van der Waals surface area contributed by atoms with Gasteiger partial charge in [-0.05, 0) is 12.5 Å². The maximum atomic E-state index is 12.0. The van der Waals surface area contributed by atoms with Crippen molar-refractivity contribution >= 4 is 5.91 Å². The fraction of sp³-hybridized carbons (Fsp3) is 0.500. The molecule has 4 heteroatoms. The lowest BCUT2D eigenvalue weighted by Gasteiger charge is -2.31. The predicted octanol–water partition coefficient (Wildman–Crippen LogP) is 1.02. The highest BCUT2D eigenvalue weighted by Crippen LogP contribution is 2.04. The van der Waals surface area contributed by atoms with Gasteiger partial charge in [-0.15, -0.1) is 0 Å². The van der Waals surface area contributed by atoms with Gasteiger partial charge in [0.25, 0.3) is 0 Å². The first-order valence-electron chi connectivity index (χ1n) is 6.41. The summed E-state index contributed by atoms with van der Waals surface area (Å²) >= 11 is 0. The molecule has 1 fully saturated rings. The van der Waals surface area contributed by atoms with Gasteiger partial charge in [0, 0.05) is 19.6 Å². The van der Waals surface area contributed by atoms with E-state index in [1.54, 1.807) is 0 Å². The number of hydrogen-bond donors (Lipinski definition) is 1. The molecule has 1 N–H and O–H groups in total. The van der Waals surface area contributed by atoms with Crippen LogP contribution in [0.1, 0.15) is 12.5 Å². The van der Waals surface area contributed by atoms with Crippen LogP contribution in [0, 0.1) is 0 Å². The van der Waals surface area contributed by atoms with E-state index in [-0.39, 0.29) is 11.9 Å². The minimum atomic E-state index is -0.0855. The molecule has 0 aliphatic carbocycles. The highest BCUT2D eigenvalue weighted by molar-refractivity contribution is 5.81. The summed E-state index contributed by atoms with van der Waals surface area (Å²) in [5, 5.41) is 2.97. The Balaban J connectivity index is 1.80. The molecule has 4 nitrogen and oxygen atoms in total. The Hall–Kier alpha value is -1.39. The highest BCUT2D eigenvalue weighted by atomic mass is 16.5. The van der Waals surface area contributed by atoms with Crippen LogP contribution in [0.2, 0.25) is 0 Å². The number of hydrogen-bond acceptors (Lipinski definition) is 3. The molecule has 1 aliphatic heterocycles. The molecule has 1 saturated heterocycles. The van der Waals surface area contributed by atoms with Crippen LogP contribution in [0.5, 0.6) is 0 Å². The van der Waals surface area contributed by atoms with Gasteiger partial charge in [-0.1, -0.05) is 30.3 Å². The average molecular weight is 248 g/mol. The van der Waals surface area contributed by atoms with Crippen LogP contribution in [-0.2, 0) is 16.1 Å². The summed E-state index contributed by atoms with van der Waals surface area (Å²) in [5.41, 5.74) is 1.13. The molecule has 0 unspecified atom stereocenters. The summed E-state index contributed by atoms with van der Waals surface area (Å²) < 4.78 is 5.29. The topological polar surface area (TPSA) is 41.6 Å². The van der Waals surface area contributed by atoms with Gasteiger partial charge in [-0.2, -0.15) is 0 Å². The Kier molecular flexibility index (Phi) is 4.73. The molecule has 98 valence electrons. The smallest absolute Gasteiger partial charge is 0.237 e. The zero-order chi connectivity index (χ0) is 12.8.